The first-order chi connectivity index (χ1) is 7.30. The molecular weight excluding hydrogens is 243 g/mol. The summed E-state index contributed by atoms with van der Waals surface area (Å²) in [7, 11) is 0. The normalized spacial score (nSPS) is 14.4. The Hall–Kier alpha value is -0.500. The molecule has 0 aliphatic rings. The van der Waals surface area contributed by atoms with Crippen LogP contribution in [0.15, 0.2) is 24.3 Å². The zero-order valence-corrected chi connectivity index (χ0v) is 11.2. The van der Waals surface area contributed by atoms with E-state index in [2.05, 4.69) is 0 Å². The fourth-order valence-corrected chi connectivity index (χ4v) is 1.59. The second kappa shape index (κ2) is 5.22. The van der Waals surface area contributed by atoms with Crippen molar-refractivity contribution in [2.45, 2.75) is 26.9 Å². The molecule has 0 fully saturated rings. The number of hydrogen-bond acceptors (Lipinski definition) is 1. The maximum absolute atomic E-state index is 9.84. The van der Waals surface area contributed by atoms with Gasteiger partial charge >= 0.3 is 0 Å². The third-order valence-corrected chi connectivity index (χ3v) is 2.87. The first kappa shape index (κ1) is 13.6. The summed E-state index contributed by atoms with van der Waals surface area (Å²) in [4.78, 5) is 0. The van der Waals surface area contributed by atoms with Crippen LogP contribution in [0.25, 0.3) is 6.08 Å². The monoisotopic (exact) mass is 258 g/mol. The van der Waals surface area contributed by atoms with Gasteiger partial charge in [-0.25, -0.2) is 0 Å². The van der Waals surface area contributed by atoms with Crippen molar-refractivity contribution in [1.29, 1.82) is 0 Å². The lowest BCUT2D eigenvalue weighted by Crippen LogP contribution is -2.23. The topological polar surface area (TPSA) is 20.2 Å². The molecule has 1 atom stereocenters. The van der Waals surface area contributed by atoms with Crippen LogP contribution in [0.3, 0.4) is 0 Å². The first-order valence-electron chi connectivity index (χ1n) is 5.12. The Morgan fingerprint density at radius 1 is 1.25 bits per heavy atom. The van der Waals surface area contributed by atoms with E-state index in [9.17, 15) is 5.11 Å². The Morgan fingerprint density at radius 2 is 1.88 bits per heavy atom. The SMILES string of the molecule is CC(C)(C)C(O)C=Cc1ccc(Cl)cc1Cl. The van der Waals surface area contributed by atoms with Crippen molar-refractivity contribution >= 4 is 29.3 Å². The number of rotatable bonds is 2. The second-order valence-electron chi connectivity index (χ2n) is 4.84. The highest BCUT2D eigenvalue weighted by Crippen LogP contribution is 2.24. The Kier molecular flexibility index (Phi) is 4.43. The molecule has 0 radical (unpaired) electrons. The molecule has 0 aromatic heterocycles. The minimum Gasteiger partial charge on any atom is -0.388 e. The van der Waals surface area contributed by atoms with E-state index in [0.29, 0.717) is 10.0 Å². The van der Waals surface area contributed by atoms with Crippen LogP contribution in [0.4, 0.5) is 0 Å². The van der Waals surface area contributed by atoms with Gasteiger partial charge < -0.3 is 5.11 Å². The van der Waals surface area contributed by atoms with E-state index in [1.54, 1.807) is 18.2 Å². The number of benzene rings is 1. The summed E-state index contributed by atoms with van der Waals surface area (Å²) in [5.74, 6) is 0. The largest absolute Gasteiger partial charge is 0.388 e. The van der Waals surface area contributed by atoms with Gasteiger partial charge in [0.15, 0.2) is 0 Å². The van der Waals surface area contributed by atoms with E-state index < -0.39 is 6.10 Å². The molecule has 0 bridgehead atoms. The van der Waals surface area contributed by atoms with Crippen LogP contribution in [0.1, 0.15) is 26.3 Å². The van der Waals surface area contributed by atoms with Crippen LogP contribution in [0.5, 0.6) is 0 Å². The maximum Gasteiger partial charge on any atom is 0.0772 e. The van der Waals surface area contributed by atoms with Crippen LogP contribution in [-0.4, -0.2) is 11.2 Å². The summed E-state index contributed by atoms with van der Waals surface area (Å²) in [6, 6.07) is 5.29. The minimum absolute atomic E-state index is 0.171. The molecule has 0 amide bonds. The summed E-state index contributed by atoms with van der Waals surface area (Å²) in [5.41, 5.74) is 0.685. The van der Waals surface area contributed by atoms with Gasteiger partial charge in [0.25, 0.3) is 0 Å². The lowest BCUT2D eigenvalue weighted by Gasteiger charge is -2.22. The maximum atomic E-state index is 9.84. The molecule has 0 aliphatic carbocycles. The van der Waals surface area contributed by atoms with Gasteiger partial charge in [0.2, 0.25) is 0 Å². The molecule has 0 saturated heterocycles. The summed E-state index contributed by atoms with van der Waals surface area (Å²) >= 11 is 11.8. The van der Waals surface area contributed by atoms with E-state index in [0.717, 1.165) is 5.56 Å². The summed E-state index contributed by atoms with van der Waals surface area (Å²) < 4.78 is 0. The second-order valence-corrected chi connectivity index (χ2v) is 5.68. The van der Waals surface area contributed by atoms with E-state index in [-0.39, 0.29) is 5.41 Å². The quantitative estimate of drug-likeness (QED) is 0.833. The fourth-order valence-electron chi connectivity index (χ4n) is 1.12. The molecule has 1 aromatic rings. The molecule has 88 valence electrons. The molecule has 0 aliphatic heterocycles. The fraction of sp³-hybridized carbons (Fsp3) is 0.385. The molecule has 1 N–H and O–H groups in total. The molecule has 1 aromatic carbocycles. The van der Waals surface area contributed by atoms with Gasteiger partial charge in [-0.05, 0) is 23.1 Å². The third kappa shape index (κ3) is 3.82. The highest BCUT2D eigenvalue weighted by Gasteiger charge is 2.18. The Morgan fingerprint density at radius 3 is 2.38 bits per heavy atom. The smallest absolute Gasteiger partial charge is 0.0772 e. The molecule has 1 nitrogen and oxygen atoms in total. The number of hydrogen-bond donors (Lipinski definition) is 1. The van der Waals surface area contributed by atoms with Crippen LogP contribution < -0.4 is 0 Å². The summed E-state index contributed by atoms with van der Waals surface area (Å²) in [5, 5.41) is 11.0. The van der Waals surface area contributed by atoms with Gasteiger partial charge in [-0.15, -0.1) is 0 Å². The highest BCUT2D eigenvalue weighted by atomic mass is 35.5. The minimum atomic E-state index is -0.501. The summed E-state index contributed by atoms with van der Waals surface area (Å²) in [6.45, 7) is 5.93. The van der Waals surface area contributed by atoms with Crippen molar-refractivity contribution in [2.24, 2.45) is 5.41 Å². The molecule has 3 heteroatoms. The lowest BCUT2D eigenvalue weighted by molar-refractivity contribution is 0.106. The average Bonchev–Trinajstić information content (AvgIpc) is 2.14. The van der Waals surface area contributed by atoms with Gasteiger partial charge in [-0.2, -0.15) is 0 Å². The molecule has 0 spiro atoms. The molecule has 1 unspecified atom stereocenters. The van der Waals surface area contributed by atoms with E-state index >= 15 is 0 Å². The molecule has 0 heterocycles. The van der Waals surface area contributed by atoms with Gasteiger partial charge in [-0.3, -0.25) is 0 Å². The van der Waals surface area contributed by atoms with E-state index in [1.807, 2.05) is 32.9 Å². The van der Waals surface area contributed by atoms with E-state index in [1.165, 1.54) is 0 Å². The standard InChI is InChI=1S/C13H16Cl2O/c1-13(2,3)12(16)7-5-9-4-6-10(14)8-11(9)15/h4-8,12,16H,1-3H3. The number of aliphatic hydroxyl groups is 1. The van der Waals surface area contributed by atoms with Gasteiger partial charge in [0, 0.05) is 10.0 Å². The average molecular weight is 259 g/mol. The Bertz CT molecular complexity index is 391. The van der Waals surface area contributed by atoms with Crippen LogP contribution in [-0.2, 0) is 0 Å². The first-order valence-corrected chi connectivity index (χ1v) is 5.87. The van der Waals surface area contributed by atoms with Crippen molar-refractivity contribution in [2.75, 3.05) is 0 Å². The van der Waals surface area contributed by atoms with Crippen LogP contribution >= 0.6 is 23.2 Å². The predicted octanol–water partition coefficient (Wildman–Crippen LogP) is 4.41. The van der Waals surface area contributed by atoms with Crippen molar-refractivity contribution in [3.05, 3.63) is 39.9 Å². The van der Waals surface area contributed by atoms with Crippen molar-refractivity contribution in [3.63, 3.8) is 0 Å². The predicted molar refractivity (Wildman–Crippen MR) is 71.0 cm³/mol. The molecular formula is C13H16Cl2O. The van der Waals surface area contributed by atoms with Crippen LogP contribution in [0, 0.1) is 5.41 Å². The van der Waals surface area contributed by atoms with Crippen molar-refractivity contribution in [1.82, 2.24) is 0 Å². The highest BCUT2D eigenvalue weighted by molar-refractivity contribution is 6.35. The summed E-state index contributed by atoms with van der Waals surface area (Å²) in [6.07, 6.45) is 3.06. The lowest BCUT2D eigenvalue weighted by atomic mass is 9.89. The molecule has 1 rings (SSSR count). The number of halogens is 2. The zero-order valence-electron chi connectivity index (χ0n) is 9.67. The van der Waals surface area contributed by atoms with Crippen molar-refractivity contribution in [3.8, 4) is 0 Å². The third-order valence-electron chi connectivity index (χ3n) is 2.31. The van der Waals surface area contributed by atoms with Crippen LogP contribution in [0.2, 0.25) is 10.0 Å². The van der Waals surface area contributed by atoms with Crippen molar-refractivity contribution < 1.29 is 5.11 Å². The number of aliphatic hydroxyl groups excluding tert-OH is 1. The molecule has 16 heavy (non-hydrogen) atoms. The van der Waals surface area contributed by atoms with E-state index in [4.69, 9.17) is 23.2 Å². The Labute approximate surface area is 107 Å². The Balaban J connectivity index is 2.85. The zero-order chi connectivity index (χ0) is 12.3. The van der Waals surface area contributed by atoms with Gasteiger partial charge in [-0.1, -0.05) is 62.2 Å². The molecule has 0 saturated carbocycles. The van der Waals surface area contributed by atoms with Gasteiger partial charge in [0.05, 0.1) is 6.10 Å². The van der Waals surface area contributed by atoms with Gasteiger partial charge in [0.1, 0.15) is 0 Å².